The van der Waals surface area contributed by atoms with E-state index in [9.17, 15) is 18.4 Å². The molecule has 3 amide bonds. The number of halogens is 2. The van der Waals surface area contributed by atoms with E-state index in [1.807, 2.05) is 31.2 Å². The summed E-state index contributed by atoms with van der Waals surface area (Å²) in [7, 11) is 0. The molecule has 9 heteroatoms. The maximum atomic E-state index is 14.0. The second kappa shape index (κ2) is 11.1. The molecule has 1 aromatic heterocycles. The van der Waals surface area contributed by atoms with E-state index in [0.717, 1.165) is 36.2 Å². The molecule has 1 aliphatic rings. The van der Waals surface area contributed by atoms with E-state index in [4.69, 9.17) is 4.42 Å². The number of rotatable bonds is 7. The molecule has 0 spiro atoms. The van der Waals surface area contributed by atoms with Crippen LogP contribution in [-0.2, 0) is 11.2 Å². The van der Waals surface area contributed by atoms with E-state index >= 15 is 0 Å². The Morgan fingerprint density at radius 2 is 1.97 bits per heavy atom. The second-order valence-corrected chi connectivity index (χ2v) is 8.79. The van der Waals surface area contributed by atoms with Crippen molar-refractivity contribution >= 4 is 17.6 Å². The molecule has 7 nitrogen and oxygen atoms in total. The van der Waals surface area contributed by atoms with E-state index in [-0.39, 0.29) is 42.0 Å². The van der Waals surface area contributed by atoms with Crippen molar-refractivity contribution in [3.8, 4) is 11.3 Å². The number of carbonyl (C=O) groups is 2. The van der Waals surface area contributed by atoms with Crippen LogP contribution in [-0.4, -0.2) is 41.5 Å². The number of nitrogens with zero attached hydrogens (tertiary/aromatic N) is 2. The Hall–Kier alpha value is -3.75. The van der Waals surface area contributed by atoms with Crippen LogP contribution >= 0.6 is 0 Å². The summed E-state index contributed by atoms with van der Waals surface area (Å²) in [5.74, 6) is -0.737. The normalized spacial score (nSPS) is 15.6. The van der Waals surface area contributed by atoms with Crippen molar-refractivity contribution in [2.24, 2.45) is 5.92 Å². The molecule has 0 radical (unpaired) electrons. The Kier molecular flexibility index (Phi) is 7.74. The highest BCUT2D eigenvalue weighted by atomic mass is 19.1. The summed E-state index contributed by atoms with van der Waals surface area (Å²) in [6, 6.07) is 10.5. The quantitative estimate of drug-likeness (QED) is 0.500. The molecule has 0 aliphatic carbocycles. The number of aryl methyl sites for hydroxylation is 2. The first-order valence-corrected chi connectivity index (χ1v) is 11.7. The lowest BCUT2D eigenvalue weighted by molar-refractivity contribution is -0.133. The second-order valence-electron chi connectivity index (χ2n) is 8.79. The third-order valence-corrected chi connectivity index (χ3v) is 6.04. The Balaban J connectivity index is 1.23. The van der Waals surface area contributed by atoms with Crippen molar-refractivity contribution in [3.63, 3.8) is 0 Å². The summed E-state index contributed by atoms with van der Waals surface area (Å²) >= 11 is 0. The van der Waals surface area contributed by atoms with E-state index in [0.29, 0.717) is 25.5 Å². The largest absolute Gasteiger partial charge is 0.441 e. The number of piperidine rings is 1. The molecule has 184 valence electrons. The molecule has 1 atom stereocenters. The van der Waals surface area contributed by atoms with Gasteiger partial charge in [-0.3, -0.25) is 4.79 Å². The highest BCUT2D eigenvalue weighted by Gasteiger charge is 2.24. The highest BCUT2D eigenvalue weighted by Crippen LogP contribution is 2.25. The molecule has 3 aromatic rings. The molecule has 4 rings (SSSR count). The van der Waals surface area contributed by atoms with Gasteiger partial charge in [0.1, 0.15) is 11.6 Å². The standard InChI is InChI=1S/C26H28F2N4O3/c1-17-4-7-20(8-5-17)31-26(34)30-14-18-3-2-12-32(16-18)25(33)11-10-24-29-15-23(35-24)21-9-6-19(27)13-22(21)28/h4-9,13,15,18H,2-3,10-12,14,16H2,1H3,(H2,30,31,34). The molecule has 2 heterocycles. The van der Waals surface area contributed by atoms with Gasteiger partial charge in [-0.25, -0.2) is 18.6 Å². The Morgan fingerprint density at radius 3 is 2.74 bits per heavy atom. The topological polar surface area (TPSA) is 87.5 Å². The van der Waals surface area contributed by atoms with Crippen LogP contribution in [0.4, 0.5) is 19.3 Å². The molecule has 0 saturated carbocycles. The number of hydrogen-bond acceptors (Lipinski definition) is 4. The van der Waals surface area contributed by atoms with Crippen molar-refractivity contribution in [1.29, 1.82) is 0 Å². The number of carbonyl (C=O) groups excluding carboxylic acids is 2. The minimum atomic E-state index is -0.732. The van der Waals surface area contributed by atoms with Gasteiger partial charge in [0.15, 0.2) is 11.7 Å². The predicted octanol–water partition coefficient (Wildman–Crippen LogP) is 4.92. The fourth-order valence-electron chi connectivity index (χ4n) is 4.12. The van der Waals surface area contributed by atoms with E-state index < -0.39 is 11.6 Å². The van der Waals surface area contributed by atoms with Gasteiger partial charge in [-0.15, -0.1) is 0 Å². The zero-order valence-corrected chi connectivity index (χ0v) is 19.5. The fraction of sp³-hybridized carbons (Fsp3) is 0.346. The number of oxazole rings is 1. The lowest BCUT2D eigenvalue weighted by Crippen LogP contribution is -2.44. The van der Waals surface area contributed by atoms with Crippen molar-refractivity contribution in [1.82, 2.24) is 15.2 Å². The van der Waals surface area contributed by atoms with Crippen LogP contribution < -0.4 is 10.6 Å². The summed E-state index contributed by atoms with van der Waals surface area (Å²) < 4.78 is 32.6. The van der Waals surface area contributed by atoms with Gasteiger partial charge in [0, 0.05) is 44.2 Å². The minimum absolute atomic E-state index is 0.0217. The molecular weight excluding hydrogens is 454 g/mol. The van der Waals surface area contributed by atoms with Gasteiger partial charge in [0.25, 0.3) is 0 Å². The summed E-state index contributed by atoms with van der Waals surface area (Å²) in [5.41, 5.74) is 1.97. The maximum absolute atomic E-state index is 14.0. The summed E-state index contributed by atoms with van der Waals surface area (Å²) in [6.45, 7) is 3.70. The van der Waals surface area contributed by atoms with Gasteiger partial charge >= 0.3 is 6.03 Å². The fourth-order valence-corrected chi connectivity index (χ4v) is 4.12. The number of hydrogen-bond donors (Lipinski definition) is 2. The molecule has 2 N–H and O–H groups in total. The average molecular weight is 483 g/mol. The van der Waals surface area contributed by atoms with Crippen LogP contribution in [0.1, 0.15) is 30.7 Å². The first-order chi connectivity index (χ1) is 16.9. The van der Waals surface area contributed by atoms with Gasteiger partial charge in [-0.2, -0.15) is 0 Å². The molecule has 2 aromatic carbocycles. The zero-order valence-electron chi connectivity index (χ0n) is 19.5. The van der Waals surface area contributed by atoms with Crippen LogP contribution in [0.3, 0.4) is 0 Å². The molecule has 1 aliphatic heterocycles. The lowest BCUT2D eigenvalue weighted by atomic mass is 9.97. The van der Waals surface area contributed by atoms with Crippen LogP contribution in [0.15, 0.2) is 53.1 Å². The molecule has 35 heavy (non-hydrogen) atoms. The molecule has 1 fully saturated rings. The Bertz CT molecular complexity index is 1180. The number of urea groups is 1. The summed E-state index contributed by atoms with van der Waals surface area (Å²) in [5, 5.41) is 5.70. The Morgan fingerprint density at radius 1 is 1.17 bits per heavy atom. The smallest absolute Gasteiger partial charge is 0.319 e. The van der Waals surface area contributed by atoms with Crippen LogP contribution in [0, 0.1) is 24.5 Å². The van der Waals surface area contributed by atoms with Gasteiger partial charge in [-0.1, -0.05) is 17.7 Å². The number of aromatic nitrogens is 1. The molecular formula is C26H28F2N4O3. The van der Waals surface area contributed by atoms with Gasteiger partial charge in [-0.05, 0) is 49.9 Å². The van der Waals surface area contributed by atoms with E-state index in [1.54, 1.807) is 4.90 Å². The molecule has 0 bridgehead atoms. The SMILES string of the molecule is Cc1ccc(NC(=O)NCC2CCCN(C(=O)CCc3ncc(-c4ccc(F)cc4F)o3)C2)cc1. The maximum Gasteiger partial charge on any atom is 0.319 e. The van der Waals surface area contributed by atoms with E-state index in [1.165, 1.54) is 12.3 Å². The van der Waals surface area contributed by atoms with Crippen molar-refractivity contribution < 1.29 is 22.8 Å². The van der Waals surface area contributed by atoms with Crippen molar-refractivity contribution in [3.05, 3.63) is 71.8 Å². The molecule has 1 saturated heterocycles. The first kappa shape index (κ1) is 24.4. The van der Waals surface area contributed by atoms with Gasteiger partial charge in [0.2, 0.25) is 5.91 Å². The van der Waals surface area contributed by atoms with Gasteiger partial charge in [0.05, 0.1) is 11.8 Å². The third-order valence-electron chi connectivity index (χ3n) is 6.04. The third kappa shape index (κ3) is 6.65. The number of likely N-dealkylation sites (tertiary alicyclic amines) is 1. The number of benzene rings is 2. The highest BCUT2D eigenvalue weighted by molar-refractivity contribution is 5.89. The predicted molar refractivity (Wildman–Crippen MR) is 128 cm³/mol. The van der Waals surface area contributed by atoms with E-state index in [2.05, 4.69) is 15.6 Å². The summed E-state index contributed by atoms with van der Waals surface area (Å²) in [4.78, 5) is 30.9. The lowest BCUT2D eigenvalue weighted by Gasteiger charge is -2.33. The monoisotopic (exact) mass is 482 g/mol. The number of nitrogens with one attached hydrogen (secondary N) is 2. The average Bonchev–Trinajstić information content (AvgIpc) is 3.31. The van der Waals surface area contributed by atoms with Crippen LogP contribution in [0.5, 0.6) is 0 Å². The minimum Gasteiger partial charge on any atom is -0.441 e. The van der Waals surface area contributed by atoms with Gasteiger partial charge < -0.3 is 20.0 Å². The zero-order chi connectivity index (χ0) is 24.8. The number of anilines is 1. The molecule has 1 unspecified atom stereocenters. The summed E-state index contributed by atoms with van der Waals surface area (Å²) in [6.07, 6.45) is 3.66. The van der Waals surface area contributed by atoms with Crippen molar-refractivity contribution in [2.75, 3.05) is 25.0 Å². The first-order valence-electron chi connectivity index (χ1n) is 11.7. The number of amides is 3. The Labute approximate surface area is 202 Å². The van der Waals surface area contributed by atoms with Crippen LogP contribution in [0.25, 0.3) is 11.3 Å². The van der Waals surface area contributed by atoms with Crippen LogP contribution in [0.2, 0.25) is 0 Å². The van der Waals surface area contributed by atoms with Crippen molar-refractivity contribution in [2.45, 2.75) is 32.6 Å².